The number of nitrogens with zero attached hydrogens (tertiary/aromatic N) is 3. The second kappa shape index (κ2) is 6.99. The quantitative estimate of drug-likeness (QED) is 0.919. The molecule has 1 aromatic rings. The summed E-state index contributed by atoms with van der Waals surface area (Å²) in [5.41, 5.74) is 1.07. The molecule has 4 heteroatoms. The van der Waals surface area contributed by atoms with Crippen LogP contribution in [0.4, 0.5) is 5.82 Å². The van der Waals surface area contributed by atoms with Gasteiger partial charge in [0.25, 0.3) is 0 Å². The molecule has 24 heavy (non-hydrogen) atoms. The van der Waals surface area contributed by atoms with Gasteiger partial charge in [-0.05, 0) is 63.8 Å². The van der Waals surface area contributed by atoms with Crippen molar-refractivity contribution in [3.8, 4) is 0 Å². The highest BCUT2D eigenvalue weighted by atomic mass is 15.2. The molecule has 0 radical (unpaired) electrons. The van der Waals surface area contributed by atoms with Gasteiger partial charge < -0.3 is 10.2 Å². The first-order valence-electron chi connectivity index (χ1n) is 10.0. The fourth-order valence-electron chi connectivity index (χ4n) is 5.10. The second-order valence-electron chi connectivity index (χ2n) is 8.21. The fraction of sp³-hybridized carbons (Fsp3) is 0.800. The van der Waals surface area contributed by atoms with E-state index in [0.717, 1.165) is 48.2 Å². The lowest BCUT2D eigenvalue weighted by Crippen LogP contribution is -2.43. The molecule has 2 atom stereocenters. The number of hydrogen-bond acceptors (Lipinski definition) is 4. The van der Waals surface area contributed by atoms with Crippen molar-refractivity contribution < 1.29 is 0 Å². The SMILES string of the molecule is Cc1cc(N2CCC(NCC3C4CCCCCC43)CC2)nc(C)n1. The van der Waals surface area contributed by atoms with E-state index < -0.39 is 0 Å². The zero-order valence-electron chi connectivity index (χ0n) is 15.3. The molecule has 0 spiro atoms. The lowest BCUT2D eigenvalue weighted by Gasteiger charge is -2.33. The van der Waals surface area contributed by atoms with Crippen LogP contribution in [-0.2, 0) is 0 Å². The van der Waals surface area contributed by atoms with Gasteiger partial charge in [-0.1, -0.05) is 19.3 Å². The predicted molar refractivity (Wildman–Crippen MR) is 98.3 cm³/mol. The minimum Gasteiger partial charge on any atom is -0.356 e. The minimum atomic E-state index is 0.704. The summed E-state index contributed by atoms with van der Waals surface area (Å²) in [4.78, 5) is 11.4. The summed E-state index contributed by atoms with van der Waals surface area (Å²) >= 11 is 0. The number of hydrogen-bond donors (Lipinski definition) is 1. The largest absolute Gasteiger partial charge is 0.356 e. The Kier molecular flexibility index (Phi) is 4.75. The van der Waals surface area contributed by atoms with Gasteiger partial charge in [0.15, 0.2) is 0 Å². The summed E-state index contributed by atoms with van der Waals surface area (Å²) in [5.74, 6) is 5.12. The molecule has 1 aliphatic heterocycles. The molecule has 1 aromatic heterocycles. The number of aryl methyl sites for hydroxylation is 2. The van der Waals surface area contributed by atoms with Crippen LogP contribution in [0.2, 0.25) is 0 Å². The van der Waals surface area contributed by atoms with Crippen molar-refractivity contribution in [2.45, 2.75) is 64.8 Å². The molecule has 2 aliphatic carbocycles. The maximum Gasteiger partial charge on any atom is 0.132 e. The van der Waals surface area contributed by atoms with Crippen LogP contribution in [0.25, 0.3) is 0 Å². The van der Waals surface area contributed by atoms with Crippen molar-refractivity contribution in [2.75, 3.05) is 24.5 Å². The van der Waals surface area contributed by atoms with E-state index in [2.05, 4.69) is 33.2 Å². The lowest BCUT2D eigenvalue weighted by atomic mass is 10.0. The van der Waals surface area contributed by atoms with Gasteiger partial charge in [-0.25, -0.2) is 9.97 Å². The normalized spacial score (nSPS) is 30.8. The van der Waals surface area contributed by atoms with E-state index in [0.29, 0.717) is 6.04 Å². The summed E-state index contributed by atoms with van der Waals surface area (Å²) in [6.07, 6.45) is 9.92. The Morgan fingerprint density at radius 2 is 1.71 bits per heavy atom. The molecular weight excluding hydrogens is 296 g/mol. The van der Waals surface area contributed by atoms with E-state index in [9.17, 15) is 0 Å². The Balaban J connectivity index is 1.23. The summed E-state index contributed by atoms with van der Waals surface area (Å²) in [6, 6.07) is 2.83. The number of rotatable bonds is 4. The van der Waals surface area contributed by atoms with Crippen LogP contribution in [0.3, 0.4) is 0 Å². The lowest BCUT2D eigenvalue weighted by molar-refractivity contribution is 0.395. The molecule has 1 N–H and O–H groups in total. The van der Waals surface area contributed by atoms with Gasteiger partial charge in [0.05, 0.1) is 0 Å². The average molecular weight is 329 g/mol. The molecule has 132 valence electrons. The molecule has 4 nitrogen and oxygen atoms in total. The molecule has 1 saturated heterocycles. The van der Waals surface area contributed by atoms with Crippen molar-refractivity contribution in [2.24, 2.45) is 17.8 Å². The summed E-state index contributed by atoms with van der Waals surface area (Å²) in [6.45, 7) is 7.55. The van der Waals surface area contributed by atoms with Crippen molar-refractivity contribution >= 4 is 5.82 Å². The van der Waals surface area contributed by atoms with Crippen molar-refractivity contribution in [3.63, 3.8) is 0 Å². The van der Waals surface area contributed by atoms with Crippen LogP contribution in [0.1, 0.15) is 56.5 Å². The second-order valence-corrected chi connectivity index (χ2v) is 8.21. The third-order valence-electron chi connectivity index (χ3n) is 6.50. The number of fused-ring (bicyclic) bond motifs is 1. The maximum absolute atomic E-state index is 4.62. The molecule has 4 rings (SSSR count). The highest BCUT2D eigenvalue weighted by molar-refractivity contribution is 5.40. The molecule has 2 saturated carbocycles. The van der Waals surface area contributed by atoms with E-state index in [1.165, 1.54) is 51.5 Å². The van der Waals surface area contributed by atoms with Gasteiger partial charge in [0.2, 0.25) is 0 Å². The summed E-state index contributed by atoms with van der Waals surface area (Å²) in [5, 5.41) is 3.90. The van der Waals surface area contributed by atoms with Crippen molar-refractivity contribution in [3.05, 3.63) is 17.6 Å². The first-order chi connectivity index (χ1) is 11.7. The van der Waals surface area contributed by atoms with Crippen LogP contribution in [0.5, 0.6) is 0 Å². The zero-order valence-corrected chi connectivity index (χ0v) is 15.3. The van der Waals surface area contributed by atoms with E-state index in [1.807, 2.05) is 6.92 Å². The van der Waals surface area contributed by atoms with Gasteiger partial charge in [0, 0.05) is 30.9 Å². The molecular formula is C20H32N4. The summed E-state index contributed by atoms with van der Waals surface area (Å²) < 4.78 is 0. The number of aromatic nitrogens is 2. The Labute approximate surface area is 146 Å². The third kappa shape index (κ3) is 3.58. The first-order valence-corrected chi connectivity index (χ1v) is 10.0. The molecule has 0 aromatic carbocycles. The number of piperidine rings is 1. The third-order valence-corrected chi connectivity index (χ3v) is 6.50. The van der Waals surface area contributed by atoms with Gasteiger partial charge in [-0.3, -0.25) is 0 Å². The average Bonchev–Trinajstić information content (AvgIpc) is 3.27. The molecule has 2 unspecified atom stereocenters. The molecule has 3 aliphatic rings. The van der Waals surface area contributed by atoms with Crippen LogP contribution in [-0.4, -0.2) is 35.6 Å². The molecule has 0 amide bonds. The predicted octanol–water partition coefficient (Wildman–Crippen LogP) is 3.48. The molecule has 3 fully saturated rings. The van der Waals surface area contributed by atoms with Gasteiger partial charge in [-0.15, -0.1) is 0 Å². The van der Waals surface area contributed by atoms with Crippen LogP contribution < -0.4 is 10.2 Å². The summed E-state index contributed by atoms with van der Waals surface area (Å²) in [7, 11) is 0. The van der Waals surface area contributed by atoms with Crippen molar-refractivity contribution in [1.29, 1.82) is 0 Å². The van der Waals surface area contributed by atoms with Gasteiger partial charge >= 0.3 is 0 Å². The Bertz CT molecular complexity index is 533. The number of anilines is 1. The monoisotopic (exact) mass is 328 g/mol. The highest BCUT2D eigenvalue weighted by Gasteiger charge is 2.48. The van der Waals surface area contributed by atoms with Gasteiger partial charge in [0.1, 0.15) is 11.6 Å². The minimum absolute atomic E-state index is 0.704. The maximum atomic E-state index is 4.62. The smallest absolute Gasteiger partial charge is 0.132 e. The Morgan fingerprint density at radius 1 is 1.00 bits per heavy atom. The van der Waals surface area contributed by atoms with E-state index >= 15 is 0 Å². The fourth-order valence-corrected chi connectivity index (χ4v) is 5.10. The highest BCUT2D eigenvalue weighted by Crippen LogP contribution is 2.53. The van der Waals surface area contributed by atoms with Crippen molar-refractivity contribution in [1.82, 2.24) is 15.3 Å². The standard InChI is InChI=1S/C20H32N4/c1-14-12-20(23-15(2)22-14)24-10-8-16(9-11-24)21-13-19-17-6-4-3-5-7-18(17)19/h12,16-19,21H,3-11,13H2,1-2H3. The van der Waals surface area contributed by atoms with E-state index in [-0.39, 0.29) is 0 Å². The molecule has 0 bridgehead atoms. The number of nitrogens with one attached hydrogen (secondary N) is 1. The topological polar surface area (TPSA) is 41.0 Å². The van der Waals surface area contributed by atoms with E-state index in [4.69, 9.17) is 0 Å². The zero-order chi connectivity index (χ0) is 16.5. The first kappa shape index (κ1) is 16.3. The van der Waals surface area contributed by atoms with Crippen LogP contribution in [0.15, 0.2) is 6.07 Å². The van der Waals surface area contributed by atoms with Crippen LogP contribution in [0, 0.1) is 31.6 Å². The Morgan fingerprint density at radius 3 is 2.38 bits per heavy atom. The van der Waals surface area contributed by atoms with E-state index in [1.54, 1.807) is 0 Å². The molecule has 2 heterocycles. The van der Waals surface area contributed by atoms with Gasteiger partial charge in [-0.2, -0.15) is 0 Å². The van der Waals surface area contributed by atoms with Crippen LogP contribution >= 0.6 is 0 Å². The Hall–Kier alpha value is -1.16.